The molecule has 0 saturated carbocycles. The van der Waals surface area contributed by atoms with Gasteiger partial charge in [0.1, 0.15) is 6.04 Å². The molecule has 3 nitrogen and oxygen atoms in total. The molecule has 1 atom stereocenters. The van der Waals surface area contributed by atoms with Gasteiger partial charge in [0.05, 0.1) is 7.11 Å². The number of hydrogen-bond acceptors (Lipinski definition) is 3. The van der Waals surface area contributed by atoms with Crippen molar-refractivity contribution in [1.82, 2.24) is 0 Å². The van der Waals surface area contributed by atoms with Gasteiger partial charge in [0.15, 0.2) is 0 Å². The molecular weight excluding hydrogens is 214 g/mol. The number of benzene rings is 1. The van der Waals surface area contributed by atoms with Gasteiger partial charge < -0.3 is 9.64 Å². The third-order valence-corrected chi connectivity index (χ3v) is 3.30. The van der Waals surface area contributed by atoms with Crippen LogP contribution in [0.1, 0.15) is 25.3 Å². The largest absolute Gasteiger partial charge is 0.467 e. The van der Waals surface area contributed by atoms with Crippen LogP contribution >= 0.6 is 0 Å². The molecule has 0 N–H and O–H groups in total. The van der Waals surface area contributed by atoms with E-state index in [1.54, 1.807) is 0 Å². The highest BCUT2D eigenvalue weighted by Gasteiger charge is 2.34. The molecule has 1 heterocycles. The van der Waals surface area contributed by atoms with Gasteiger partial charge in [-0.3, -0.25) is 0 Å². The molecule has 0 aromatic heterocycles. The van der Waals surface area contributed by atoms with Crippen LogP contribution in [0.2, 0.25) is 0 Å². The fourth-order valence-corrected chi connectivity index (χ4v) is 2.22. The first kappa shape index (κ1) is 12.0. The Morgan fingerprint density at radius 3 is 2.59 bits per heavy atom. The van der Waals surface area contributed by atoms with E-state index in [0.29, 0.717) is 0 Å². The van der Waals surface area contributed by atoms with Gasteiger partial charge in [-0.2, -0.15) is 0 Å². The first-order chi connectivity index (χ1) is 8.26. The summed E-state index contributed by atoms with van der Waals surface area (Å²) in [6.07, 6.45) is 3.16. The predicted molar refractivity (Wildman–Crippen MR) is 68.2 cm³/mol. The molecule has 1 aliphatic heterocycles. The lowest BCUT2D eigenvalue weighted by molar-refractivity contribution is -0.143. The fourth-order valence-electron chi connectivity index (χ4n) is 2.22. The summed E-state index contributed by atoms with van der Waals surface area (Å²) in [6, 6.07) is 8.40. The number of nitrogens with zero attached hydrogens (tertiary/aromatic N) is 1. The molecule has 1 aromatic rings. The summed E-state index contributed by atoms with van der Waals surface area (Å²) < 4.78 is 4.79. The molecule has 17 heavy (non-hydrogen) atoms. The Morgan fingerprint density at radius 1 is 1.41 bits per heavy atom. The molecule has 0 aliphatic carbocycles. The van der Waals surface area contributed by atoms with Gasteiger partial charge in [-0.05, 0) is 30.5 Å². The molecule has 3 heteroatoms. The van der Waals surface area contributed by atoms with E-state index in [0.717, 1.165) is 31.5 Å². The zero-order valence-electron chi connectivity index (χ0n) is 10.5. The van der Waals surface area contributed by atoms with E-state index in [4.69, 9.17) is 4.74 Å². The van der Waals surface area contributed by atoms with Gasteiger partial charge in [-0.15, -0.1) is 0 Å². The number of aryl methyl sites for hydroxylation is 1. The second-order valence-corrected chi connectivity index (χ2v) is 4.44. The van der Waals surface area contributed by atoms with Crippen LogP contribution in [0.4, 0.5) is 5.69 Å². The van der Waals surface area contributed by atoms with Crippen molar-refractivity contribution < 1.29 is 9.53 Å². The number of methoxy groups -OCH3 is 1. The van der Waals surface area contributed by atoms with Crippen molar-refractivity contribution in [1.29, 1.82) is 0 Å². The number of hydrogen-bond donors (Lipinski definition) is 0. The molecule has 2 rings (SSSR count). The SMILES string of the molecule is CCCc1ccc(N2CCC2C(=O)OC)cc1. The molecular formula is C14H19NO2. The monoisotopic (exact) mass is 233 g/mol. The Morgan fingerprint density at radius 2 is 2.12 bits per heavy atom. The summed E-state index contributed by atoms with van der Waals surface area (Å²) in [5.74, 6) is -0.131. The molecule has 92 valence electrons. The van der Waals surface area contributed by atoms with Crippen LogP contribution in [0.5, 0.6) is 0 Å². The molecule has 0 bridgehead atoms. The zero-order chi connectivity index (χ0) is 12.3. The van der Waals surface area contributed by atoms with E-state index in [9.17, 15) is 4.79 Å². The number of carbonyl (C=O) groups excluding carboxylic acids is 1. The van der Waals surface area contributed by atoms with E-state index in [1.807, 2.05) is 0 Å². The van der Waals surface area contributed by atoms with E-state index >= 15 is 0 Å². The second kappa shape index (κ2) is 5.21. The summed E-state index contributed by atoms with van der Waals surface area (Å²) >= 11 is 0. The third kappa shape index (κ3) is 2.43. The average molecular weight is 233 g/mol. The minimum absolute atomic E-state index is 0.0861. The highest BCUT2D eigenvalue weighted by molar-refractivity contribution is 5.82. The van der Waals surface area contributed by atoms with Gasteiger partial charge in [0.2, 0.25) is 0 Å². The van der Waals surface area contributed by atoms with Crippen LogP contribution in [-0.2, 0) is 16.0 Å². The molecule has 1 aromatic carbocycles. The Hall–Kier alpha value is -1.51. The van der Waals surface area contributed by atoms with E-state index in [-0.39, 0.29) is 12.0 Å². The van der Waals surface area contributed by atoms with Crippen LogP contribution in [0, 0.1) is 0 Å². The summed E-state index contributed by atoms with van der Waals surface area (Å²) in [6.45, 7) is 3.11. The molecule has 1 unspecified atom stereocenters. The Kier molecular flexibility index (Phi) is 3.67. The molecule has 1 fully saturated rings. The van der Waals surface area contributed by atoms with Crippen LogP contribution in [0.15, 0.2) is 24.3 Å². The van der Waals surface area contributed by atoms with E-state index in [2.05, 4.69) is 36.1 Å². The predicted octanol–water partition coefficient (Wildman–Crippen LogP) is 2.39. The zero-order valence-corrected chi connectivity index (χ0v) is 10.5. The highest BCUT2D eigenvalue weighted by atomic mass is 16.5. The number of rotatable bonds is 4. The minimum Gasteiger partial charge on any atom is -0.467 e. The maximum atomic E-state index is 11.5. The smallest absolute Gasteiger partial charge is 0.328 e. The maximum absolute atomic E-state index is 11.5. The van der Waals surface area contributed by atoms with Crippen molar-refractivity contribution in [2.24, 2.45) is 0 Å². The third-order valence-electron chi connectivity index (χ3n) is 3.30. The first-order valence-corrected chi connectivity index (χ1v) is 6.19. The lowest BCUT2D eigenvalue weighted by atomic mass is 10.0. The number of carbonyl (C=O) groups is 1. The van der Waals surface area contributed by atoms with Crippen molar-refractivity contribution >= 4 is 11.7 Å². The Balaban J connectivity index is 2.05. The topological polar surface area (TPSA) is 29.5 Å². The lowest BCUT2D eigenvalue weighted by Gasteiger charge is -2.40. The van der Waals surface area contributed by atoms with Crippen LogP contribution in [0.3, 0.4) is 0 Å². The van der Waals surface area contributed by atoms with Crippen molar-refractivity contribution in [2.45, 2.75) is 32.2 Å². The van der Waals surface area contributed by atoms with Crippen LogP contribution in [-0.4, -0.2) is 25.7 Å². The van der Waals surface area contributed by atoms with Gasteiger partial charge in [-0.1, -0.05) is 25.5 Å². The summed E-state index contributed by atoms with van der Waals surface area (Å²) in [5, 5.41) is 0. The first-order valence-electron chi connectivity index (χ1n) is 6.19. The maximum Gasteiger partial charge on any atom is 0.328 e. The van der Waals surface area contributed by atoms with Gasteiger partial charge in [-0.25, -0.2) is 4.79 Å². The summed E-state index contributed by atoms with van der Waals surface area (Å²) in [7, 11) is 1.45. The lowest BCUT2D eigenvalue weighted by Crippen LogP contribution is -2.53. The van der Waals surface area contributed by atoms with Crippen molar-refractivity contribution in [3.05, 3.63) is 29.8 Å². The van der Waals surface area contributed by atoms with Crippen molar-refractivity contribution in [2.75, 3.05) is 18.6 Å². The Labute approximate surface area is 102 Å². The quantitative estimate of drug-likeness (QED) is 0.748. The van der Waals surface area contributed by atoms with E-state index < -0.39 is 0 Å². The van der Waals surface area contributed by atoms with Gasteiger partial charge in [0.25, 0.3) is 0 Å². The average Bonchev–Trinajstić information content (AvgIpc) is 2.30. The summed E-state index contributed by atoms with van der Waals surface area (Å²) in [4.78, 5) is 13.6. The van der Waals surface area contributed by atoms with Crippen molar-refractivity contribution in [3.8, 4) is 0 Å². The number of anilines is 1. The van der Waals surface area contributed by atoms with Gasteiger partial charge >= 0.3 is 5.97 Å². The standard InChI is InChI=1S/C14H19NO2/c1-3-4-11-5-7-12(8-6-11)15-10-9-13(15)14(16)17-2/h5-8,13H,3-4,9-10H2,1-2H3. The van der Waals surface area contributed by atoms with Crippen LogP contribution in [0.25, 0.3) is 0 Å². The molecule has 0 amide bonds. The molecule has 1 saturated heterocycles. The van der Waals surface area contributed by atoms with Crippen LogP contribution < -0.4 is 4.90 Å². The number of esters is 1. The highest BCUT2D eigenvalue weighted by Crippen LogP contribution is 2.27. The molecule has 0 spiro atoms. The number of ether oxygens (including phenoxy) is 1. The normalized spacial score (nSPS) is 18.7. The minimum atomic E-state index is -0.131. The van der Waals surface area contributed by atoms with Crippen molar-refractivity contribution in [3.63, 3.8) is 0 Å². The molecule has 0 radical (unpaired) electrons. The Bertz CT molecular complexity index is 386. The second-order valence-electron chi connectivity index (χ2n) is 4.44. The fraction of sp³-hybridized carbons (Fsp3) is 0.500. The van der Waals surface area contributed by atoms with Gasteiger partial charge in [0, 0.05) is 12.2 Å². The molecule has 1 aliphatic rings. The summed E-state index contributed by atoms with van der Waals surface area (Å²) in [5.41, 5.74) is 2.47. The van der Waals surface area contributed by atoms with E-state index in [1.165, 1.54) is 12.7 Å².